The molecule has 1 aromatic rings. The van der Waals surface area contributed by atoms with Crippen LogP contribution < -0.4 is 0 Å². The minimum Gasteiger partial charge on any atom is -0.453 e. The quantitative estimate of drug-likeness (QED) is 0.809. The molecule has 0 bridgehead atoms. The van der Waals surface area contributed by atoms with Crippen LogP contribution in [-0.2, 0) is 6.54 Å². The lowest BCUT2D eigenvalue weighted by Gasteiger charge is -2.29. The van der Waals surface area contributed by atoms with Gasteiger partial charge in [0.15, 0.2) is 4.67 Å². The van der Waals surface area contributed by atoms with Crippen LogP contribution >= 0.6 is 15.9 Å². The molecule has 0 atom stereocenters. The summed E-state index contributed by atoms with van der Waals surface area (Å²) in [5.41, 5.74) is 0. The summed E-state index contributed by atoms with van der Waals surface area (Å²) in [4.78, 5) is 2.46. The highest BCUT2D eigenvalue weighted by atomic mass is 79.9. The number of furan rings is 1. The first-order chi connectivity index (χ1) is 6.74. The zero-order chi connectivity index (χ0) is 9.97. The summed E-state index contributed by atoms with van der Waals surface area (Å²) < 4.78 is 6.32. The fraction of sp³-hybridized carbons (Fsp3) is 0.636. The molecule has 1 aliphatic heterocycles. The lowest BCUT2D eigenvalue weighted by Crippen LogP contribution is -2.32. The molecule has 0 saturated carbocycles. The lowest BCUT2D eigenvalue weighted by molar-refractivity contribution is 0.173. The largest absolute Gasteiger partial charge is 0.453 e. The zero-order valence-corrected chi connectivity index (χ0v) is 10.1. The highest BCUT2D eigenvalue weighted by Gasteiger charge is 2.16. The molecule has 1 fully saturated rings. The Hall–Kier alpha value is -0.280. The molecule has 1 aliphatic rings. The second-order valence-corrected chi connectivity index (χ2v) is 4.95. The van der Waals surface area contributed by atoms with Gasteiger partial charge in [-0.3, -0.25) is 4.90 Å². The van der Waals surface area contributed by atoms with E-state index in [2.05, 4.69) is 27.8 Å². The van der Waals surface area contributed by atoms with Gasteiger partial charge < -0.3 is 4.42 Å². The molecule has 0 aromatic carbocycles. The maximum absolute atomic E-state index is 5.49. The molecule has 1 saturated heterocycles. The molecule has 2 heterocycles. The fourth-order valence-corrected chi connectivity index (χ4v) is 2.22. The van der Waals surface area contributed by atoms with Crippen molar-refractivity contribution in [1.82, 2.24) is 4.90 Å². The molecule has 0 N–H and O–H groups in total. The Bertz CT molecular complexity index is 289. The van der Waals surface area contributed by atoms with Gasteiger partial charge in [-0.25, -0.2) is 0 Å². The van der Waals surface area contributed by atoms with Crippen molar-refractivity contribution in [2.75, 3.05) is 13.1 Å². The molecule has 0 unspecified atom stereocenters. The van der Waals surface area contributed by atoms with Gasteiger partial charge in [0.05, 0.1) is 6.54 Å². The van der Waals surface area contributed by atoms with Crippen molar-refractivity contribution in [2.24, 2.45) is 5.92 Å². The van der Waals surface area contributed by atoms with Crippen LogP contribution in [0.3, 0.4) is 0 Å². The van der Waals surface area contributed by atoms with E-state index < -0.39 is 0 Å². The normalized spacial score (nSPS) is 20.1. The minimum absolute atomic E-state index is 0.831. The Balaban J connectivity index is 1.86. The van der Waals surface area contributed by atoms with E-state index in [0.717, 1.165) is 22.9 Å². The summed E-state index contributed by atoms with van der Waals surface area (Å²) in [5.74, 6) is 1.96. The molecule has 2 nitrogen and oxygen atoms in total. The summed E-state index contributed by atoms with van der Waals surface area (Å²) in [6, 6.07) is 4.00. The average Bonchev–Trinajstić information content (AvgIpc) is 2.56. The maximum Gasteiger partial charge on any atom is 0.169 e. The van der Waals surface area contributed by atoms with Crippen LogP contribution in [0.4, 0.5) is 0 Å². The molecule has 0 radical (unpaired) electrons. The van der Waals surface area contributed by atoms with Crippen molar-refractivity contribution in [3.05, 3.63) is 22.6 Å². The second-order valence-electron chi connectivity index (χ2n) is 4.16. The lowest BCUT2D eigenvalue weighted by atomic mass is 9.99. The van der Waals surface area contributed by atoms with Gasteiger partial charge in [0.2, 0.25) is 0 Å². The van der Waals surface area contributed by atoms with Crippen molar-refractivity contribution in [3.63, 3.8) is 0 Å². The number of nitrogens with zero attached hydrogens (tertiary/aromatic N) is 1. The number of likely N-dealkylation sites (tertiary alicyclic amines) is 1. The number of piperidine rings is 1. The first-order valence-corrected chi connectivity index (χ1v) is 6.00. The van der Waals surface area contributed by atoms with Gasteiger partial charge in [-0.1, -0.05) is 6.92 Å². The third-order valence-electron chi connectivity index (χ3n) is 2.88. The summed E-state index contributed by atoms with van der Waals surface area (Å²) in [6.45, 7) is 5.71. The fourth-order valence-electron chi connectivity index (χ4n) is 1.88. The van der Waals surface area contributed by atoms with Crippen LogP contribution in [-0.4, -0.2) is 18.0 Å². The molecule has 14 heavy (non-hydrogen) atoms. The number of hydrogen-bond acceptors (Lipinski definition) is 2. The monoisotopic (exact) mass is 257 g/mol. The highest BCUT2D eigenvalue weighted by molar-refractivity contribution is 9.10. The Kier molecular flexibility index (Phi) is 3.29. The van der Waals surface area contributed by atoms with E-state index in [9.17, 15) is 0 Å². The molecular formula is C11H16BrNO. The topological polar surface area (TPSA) is 16.4 Å². The van der Waals surface area contributed by atoms with Gasteiger partial charge in [-0.2, -0.15) is 0 Å². The Labute approximate surface area is 93.4 Å². The number of hydrogen-bond donors (Lipinski definition) is 0. The standard InChI is InChI=1S/C11H16BrNO/c1-9-4-6-13(7-5-9)8-10-2-3-11(12)14-10/h2-3,9H,4-8H2,1H3. The van der Waals surface area contributed by atoms with Gasteiger partial charge in [-0.15, -0.1) is 0 Å². The van der Waals surface area contributed by atoms with Crippen LogP contribution in [0.1, 0.15) is 25.5 Å². The number of rotatable bonds is 2. The SMILES string of the molecule is CC1CCN(Cc2ccc(Br)o2)CC1. The summed E-state index contributed by atoms with van der Waals surface area (Å²) in [7, 11) is 0. The van der Waals surface area contributed by atoms with Gasteiger partial charge in [0.25, 0.3) is 0 Å². The number of halogens is 1. The van der Waals surface area contributed by atoms with E-state index in [-0.39, 0.29) is 0 Å². The van der Waals surface area contributed by atoms with Crippen molar-refractivity contribution in [3.8, 4) is 0 Å². The maximum atomic E-state index is 5.49. The summed E-state index contributed by atoms with van der Waals surface area (Å²) in [6.07, 6.45) is 2.64. The van der Waals surface area contributed by atoms with Crippen molar-refractivity contribution in [2.45, 2.75) is 26.3 Å². The summed E-state index contributed by atoms with van der Waals surface area (Å²) in [5, 5.41) is 0. The van der Waals surface area contributed by atoms with Gasteiger partial charge in [0, 0.05) is 0 Å². The third kappa shape index (κ3) is 2.61. The van der Waals surface area contributed by atoms with E-state index in [1.54, 1.807) is 0 Å². The van der Waals surface area contributed by atoms with Crippen molar-refractivity contribution in [1.29, 1.82) is 0 Å². The highest BCUT2D eigenvalue weighted by Crippen LogP contribution is 2.20. The van der Waals surface area contributed by atoms with E-state index in [4.69, 9.17) is 4.42 Å². The minimum atomic E-state index is 0.831. The predicted octanol–water partition coefficient (Wildman–Crippen LogP) is 3.27. The third-order valence-corrected chi connectivity index (χ3v) is 3.31. The van der Waals surface area contributed by atoms with Crippen LogP contribution in [0.25, 0.3) is 0 Å². The van der Waals surface area contributed by atoms with E-state index in [1.807, 2.05) is 12.1 Å². The molecule has 2 rings (SSSR count). The van der Waals surface area contributed by atoms with Gasteiger partial charge in [0.1, 0.15) is 5.76 Å². The molecule has 1 aromatic heterocycles. The summed E-state index contributed by atoms with van der Waals surface area (Å²) >= 11 is 3.32. The molecule has 0 spiro atoms. The van der Waals surface area contributed by atoms with Gasteiger partial charge >= 0.3 is 0 Å². The molecule has 3 heteroatoms. The zero-order valence-electron chi connectivity index (χ0n) is 8.50. The Morgan fingerprint density at radius 1 is 1.43 bits per heavy atom. The van der Waals surface area contributed by atoms with Crippen LogP contribution in [0, 0.1) is 5.92 Å². The van der Waals surface area contributed by atoms with E-state index in [1.165, 1.54) is 25.9 Å². The average molecular weight is 258 g/mol. The molecule has 0 amide bonds. The first-order valence-electron chi connectivity index (χ1n) is 5.20. The van der Waals surface area contributed by atoms with Crippen LogP contribution in [0.15, 0.2) is 21.2 Å². The Morgan fingerprint density at radius 2 is 2.14 bits per heavy atom. The predicted molar refractivity (Wildman–Crippen MR) is 60.1 cm³/mol. The smallest absolute Gasteiger partial charge is 0.169 e. The van der Waals surface area contributed by atoms with Gasteiger partial charge in [-0.05, 0) is 59.9 Å². The van der Waals surface area contributed by atoms with Crippen molar-refractivity contribution >= 4 is 15.9 Å². The molecule has 0 aliphatic carbocycles. The first kappa shape index (κ1) is 10.2. The van der Waals surface area contributed by atoms with E-state index in [0.29, 0.717) is 0 Å². The van der Waals surface area contributed by atoms with Crippen molar-refractivity contribution < 1.29 is 4.42 Å². The second kappa shape index (κ2) is 4.49. The Morgan fingerprint density at radius 3 is 2.71 bits per heavy atom. The van der Waals surface area contributed by atoms with E-state index >= 15 is 0 Å². The van der Waals surface area contributed by atoms with Crippen LogP contribution in [0.2, 0.25) is 0 Å². The van der Waals surface area contributed by atoms with Crippen LogP contribution in [0.5, 0.6) is 0 Å². The molecular weight excluding hydrogens is 242 g/mol. The molecule has 78 valence electrons.